The molecule has 1 N–H and O–H groups in total. The van der Waals surface area contributed by atoms with E-state index in [1.807, 2.05) is 35.0 Å². The first-order chi connectivity index (χ1) is 17.9. The first-order valence-corrected chi connectivity index (χ1v) is 12.8. The van der Waals surface area contributed by atoms with Gasteiger partial charge in [0.25, 0.3) is 5.91 Å². The summed E-state index contributed by atoms with van der Waals surface area (Å²) in [5, 5.41) is 11.4. The second-order valence-electron chi connectivity index (χ2n) is 9.12. The summed E-state index contributed by atoms with van der Waals surface area (Å²) < 4.78 is 35.1. The monoisotopic (exact) mass is 520 g/mol. The van der Waals surface area contributed by atoms with Crippen molar-refractivity contribution < 1.29 is 23.1 Å². The average molecular weight is 521 g/mol. The number of amides is 2. The second kappa shape index (κ2) is 9.20. The number of ether oxygens (including phenoxy) is 1. The van der Waals surface area contributed by atoms with Crippen LogP contribution in [0.5, 0.6) is 0 Å². The van der Waals surface area contributed by atoms with Gasteiger partial charge in [-0.15, -0.1) is 0 Å². The third-order valence-electron chi connectivity index (χ3n) is 6.65. The normalized spacial score (nSPS) is 18.9. The van der Waals surface area contributed by atoms with E-state index in [1.165, 1.54) is 22.1 Å². The molecule has 2 atom stereocenters. The molecule has 0 aliphatic carbocycles. The van der Waals surface area contributed by atoms with Crippen LogP contribution < -0.4 is 5.32 Å². The minimum Gasteiger partial charge on any atom is -0.341 e. The molecule has 0 radical (unpaired) electrons. The molecule has 7 nitrogen and oxygen atoms in total. The van der Waals surface area contributed by atoms with Crippen LogP contribution in [0.15, 0.2) is 59.4 Å². The molecule has 0 spiro atoms. The summed E-state index contributed by atoms with van der Waals surface area (Å²) in [6.07, 6.45) is 1.28. The molecule has 37 heavy (non-hydrogen) atoms. The van der Waals surface area contributed by atoms with Gasteiger partial charge in [-0.1, -0.05) is 12.1 Å². The lowest BCUT2D eigenvalue weighted by Crippen LogP contribution is -2.32. The van der Waals surface area contributed by atoms with E-state index in [0.29, 0.717) is 36.3 Å². The zero-order chi connectivity index (χ0) is 25.7. The molecule has 1 fully saturated rings. The topological polar surface area (TPSA) is 76.5 Å². The standard InChI is InChI=1S/C27H22F2N4O3S/c1-15-26(35)32(8-6-16-2-5-23-18(10-16)11-24(34)30-23)27(36-15)20-13-33(19-3-4-21(28)22(29)12-19)31-25(20)17-7-9-37-14-17/h2-5,7,9-10,12-15,27H,6,8,11H2,1H3,(H,30,34)/t15-,27+/m0/s1. The van der Waals surface area contributed by atoms with Gasteiger partial charge < -0.3 is 15.0 Å². The highest BCUT2D eigenvalue weighted by Gasteiger charge is 2.40. The maximum Gasteiger partial charge on any atom is 0.253 e. The number of nitrogens with one attached hydrogen (secondary N) is 1. The number of thiophene rings is 1. The zero-order valence-electron chi connectivity index (χ0n) is 19.8. The van der Waals surface area contributed by atoms with E-state index in [-0.39, 0.29) is 11.8 Å². The Morgan fingerprint density at radius 2 is 2.00 bits per heavy atom. The largest absolute Gasteiger partial charge is 0.341 e. The minimum atomic E-state index is -0.972. The molecular formula is C27H22F2N4O3S. The number of hydrogen-bond donors (Lipinski definition) is 1. The van der Waals surface area contributed by atoms with Crippen LogP contribution in [0.2, 0.25) is 0 Å². The van der Waals surface area contributed by atoms with Gasteiger partial charge in [-0.3, -0.25) is 9.59 Å². The van der Waals surface area contributed by atoms with Crippen molar-refractivity contribution >= 4 is 28.8 Å². The van der Waals surface area contributed by atoms with Gasteiger partial charge in [-0.25, -0.2) is 13.5 Å². The molecule has 2 aromatic heterocycles. The number of carbonyl (C=O) groups excluding carboxylic acids is 2. The van der Waals surface area contributed by atoms with Gasteiger partial charge in [0.15, 0.2) is 17.9 Å². The number of hydrogen-bond acceptors (Lipinski definition) is 5. The summed E-state index contributed by atoms with van der Waals surface area (Å²) in [5.41, 5.74) is 5.24. The van der Waals surface area contributed by atoms with Crippen molar-refractivity contribution in [2.45, 2.75) is 32.1 Å². The van der Waals surface area contributed by atoms with Gasteiger partial charge >= 0.3 is 0 Å². The van der Waals surface area contributed by atoms with E-state index in [2.05, 4.69) is 10.4 Å². The molecule has 188 valence electrons. The summed E-state index contributed by atoms with van der Waals surface area (Å²) in [7, 11) is 0. The maximum atomic E-state index is 14.0. The summed E-state index contributed by atoms with van der Waals surface area (Å²) in [6.45, 7) is 2.11. The Bertz CT molecular complexity index is 1520. The van der Waals surface area contributed by atoms with Crippen LogP contribution >= 0.6 is 11.3 Å². The van der Waals surface area contributed by atoms with Crippen LogP contribution in [0, 0.1) is 11.6 Å². The van der Waals surface area contributed by atoms with Crippen LogP contribution in [-0.2, 0) is 27.2 Å². The highest BCUT2D eigenvalue weighted by molar-refractivity contribution is 7.08. The Balaban J connectivity index is 1.33. The van der Waals surface area contributed by atoms with Gasteiger partial charge in [-0.05, 0) is 54.1 Å². The Morgan fingerprint density at radius 1 is 1.14 bits per heavy atom. The lowest BCUT2D eigenvalue weighted by Gasteiger charge is -2.23. The second-order valence-corrected chi connectivity index (χ2v) is 9.90. The van der Waals surface area contributed by atoms with Crippen molar-refractivity contribution in [3.63, 3.8) is 0 Å². The molecule has 1 saturated heterocycles. The number of rotatable bonds is 6. The Kier molecular flexibility index (Phi) is 5.85. The van der Waals surface area contributed by atoms with Crippen molar-refractivity contribution in [3.05, 3.63) is 87.7 Å². The van der Waals surface area contributed by atoms with Gasteiger partial charge in [0.05, 0.1) is 12.1 Å². The first-order valence-electron chi connectivity index (χ1n) is 11.8. The molecule has 0 unspecified atom stereocenters. The molecule has 4 heterocycles. The SMILES string of the molecule is C[C@@H]1O[C@H](c2cn(-c3ccc(F)c(F)c3)nc2-c2ccsc2)N(CCc2ccc3c(c2)CC(=O)N3)C1=O. The van der Waals surface area contributed by atoms with Crippen molar-refractivity contribution in [1.82, 2.24) is 14.7 Å². The van der Waals surface area contributed by atoms with Crippen LogP contribution in [-0.4, -0.2) is 39.1 Å². The van der Waals surface area contributed by atoms with E-state index in [0.717, 1.165) is 34.5 Å². The predicted octanol–water partition coefficient (Wildman–Crippen LogP) is 4.86. The molecule has 0 saturated carbocycles. The van der Waals surface area contributed by atoms with E-state index in [9.17, 15) is 18.4 Å². The molecule has 2 amide bonds. The lowest BCUT2D eigenvalue weighted by molar-refractivity contribution is -0.130. The highest BCUT2D eigenvalue weighted by atomic mass is 32.1. The van der Waals surface area contributed by atoms with E-state index < -0.39 is 24.0 Å². The number of fused-ring (bicyclic) bond motifs is 1. The van der Waals surface area contributed by atoms with E-state index in [1.54, 1.807) is 18.0 Å². The van der Waals surface area contributed by atoms with Gasteiger partial charge in [-0.2, -0.15) is 16.4 Å². The third kappa shape index (κ3) is 4.32. The minimum absolute atomic E-state index is 0.0248. The number of aromatic nitrogens is 2. The Morgan fingerprint density at radius 3 is 2.78 bits per heavy atom. The summed E-state index contributed by atoms with van der Waals surface area (Å²) in [6, 6.07) is 11.3. The molecule has 4 aromatic rings. The molecular weight excluding hydrogens is 498 g/mol. The number of halogens is 2. The summed E-state index contributed by atoms with van der Waals surface area (Å²) >= 11 is 1.51. The summed E-state index contributed by atoms with van der Waals surface area (Å²) in [4.78, 5) is 26.5. The molecule has 0 bridgehead atoms. The molecule has 2 aromatic carbocycles. The molecule has 2 aliphatic heterocycles. The van der Waals surface area contributed by atoms with E-state index in [4.69, 9.17) is 4.74 Å². The number of nitrogens with zero attached hydrogens (tertiary/aromatic N) is 3. The third-order valence-corrected chi connectivity index (χ3v) is 7.34. The fraction of sp³-hybridized carbons (Fsp3) is 0.222. The average Bonchev–Trinajstić information content (AvgIpc) is 3.66. The smallest absolute Gasteiger partial charge is 0.253 e. The van der Waals surface area contributed by atoms with Crippen molar-refractivity contribution in [1.29, 1.82) is 0 Å². The lowest BCUT2D eigenvalue weighted by atomic mass is 10.1. The Labute approximate surface area is 215 Å². The molecule has 10 heteroatoms. The van der Waals surface area contributed by atoms with Crippen molar-refractivity contribution in [2.24, 2.45) is 0 Å². The quantitative estimate of drug-likeness (QED) is 0.394. The van der Waals surface area contributed by atoms with Gasteiger partial charge in [0, 0.05) is 41.0 Å². The van der Waals surface area contributed by atoms with Gasteiger partial charge in [0.2, 0.25) is 5.91 Å². The van der Waals surface area contributed by atoms with E-state index >= 15 is 0 Å². The number of benzene rings is 2. The fourth-order valence-corrected chi connectivity index (χ4v) is 5.42. The fourth-order valence-electron chi connectivity index (χ4n) is 4.78. The number of carbonyl (C=O) groups is 2. The Hall–Kier alpha value is -3.89. The van der Waals surface area contributed by atoms with Crippen LogP contribution in [0.3, 0.4) is 0 Å². The molecule has 6 rings (SSSR count). The van der Waals surface area contributed by atoms with Crippen LogP contribution in [0.25, 0.3) is 16.9 Å². The predicted molar refractivity (Wildman–Crippen MR) is 134 cm³/mol. The van der Waals surface area contributed by atoms with Crippen LogP contribution in [0.4, 0.5) is 14.5 Å². The first kappa shape index (κ1) is 23.5. The van der Waals surface area contributed by atoms with Crippen molar-refractivity contribution in [2.75, 3.05) is 11.9 Å². The van der Waals surface area contributed by atoms with Crippen molar-refractivity contribution in [3.8, 4) is 16.9 Å². The number of anilines is 1. The zero-order valence-corrected chi connectivity index (χ0v) is 20.6. The maximum absolute atomic E-state index is 14.0. The summed E-state index contributed by atoms with van der Waals surface area (Å²) in [5.74, 6) is -2.07. The molecule has 2 aliphatic rings. The highest BCUT2D eigenvalue weighted by Crippen LogP contribution is 2.38. The van der Waals surface area contributed by atoms with Crippen LogP contribution in [0.1, 0.15) is 29.8 Å². The van der Waals surface area contributed by atoms with Gasteiger partial charge in [0.1, 0.15) is 11.8 Å².